The van der Waals surface area contributed by atoms with Crippen LogP contribution < -0.4 is 0 Å². The summed E-state index contributed by atoms with van der Waals surface area (Å²) in [4.78, 5) is 11.3. The molecular weight excluding hydrogens is 188 g/mol. The molecule has 15 heavy (non-hydrogen) atoms. The van der Waals surface area contributed by atoms with Crippen LogP contribution in [0.5, 0.6) is 0 Å². The zero-order valence-corrected chi connectivity index (χ0v) is 9.29. The van der Waals surface area contributed by atoms with Crippen LogP contribution in [0.25, 0.3) is 0 Å². The summed E-state index contributed by atoms with van der Waals surface area (Å²) < 4.78 is 5.53. The van der Waals surface area contributed by atoms with Crippen molar-refractivity contribution in [1.29, 1.82) is 0 Å². The molecule has 2 nitrogen and oxygen atoms in total. The third-order valence-electron chi connectivity index (χ3n) is 4.32. The molecule has 0 aromatic rings. The van der Waals surface area contributed by atoms with Crippen LogP contribution in [0.4, 0.5) is 0 Å². The summed E-state index contributed by atoms with van der Waals surface area (Å²) in [6.45, 7) is 1.87. The van der Waals surface area contributed by atoms with E-state index in [4.69, 9.17) is 4.74 Å². The second-order valence-electron chi connectivity index (χ2n) is 5.06. The van der Waals surface area contributed by atoms with Gasteiger partial charge in [-0.25, -0.2) is 0 Å². The van der Waals surface area contributed by atoms with Gasteiger partial charge in [0, 0.05) is 12.3 Å². The lowest BCUT2D eigenvalue weighted by Crippen LogP contribution is -2.24. The predicted octanol–water partition coefficient (Wildman–Crippen LogP) is 2.83. The third-order valence-corrected chi connectivity index (χ3v) is 4.32. The Morgan fingerprint density at radius 2 is 2.13 bits per heavy atom. The molecular formula is C13H18O2. The summed E-state index contributed by atoms with van der Waals surface area (Å²) in [6, 6.07) is 0. The fourth-order valence-electron chi connectivity index (χ4n) is 3.71. The highest BCUT2D eigenvalue weighted by molar-refractivity contribution is 5.69. The van der Waals surface area contributed by atoms with E-state index in [2.05, 4.69) is 0 Å². The van der Waals surface area contributed by atoms with Gasteiger partial charge in [-0.2, -0.15) is 0 Å². The standard InChI is InChI=1S/C13H18O2/c1-2-13(14)15-12-7-8-6-11(12)10-5-3-4-9(8)10/h8,11-12H,2-7H2,1H3. The summed E-state index contributed by atoms with van der Waals surface area (Å²) in [5, 5.41) is 0. The molecule has 3 aliphatic rings. The van der Waals surface area contributed by atoms with Crippen molar-refractivity contribution in [3.05, 3.63) is 11.1 Å². The highest BCUT2D eigenvalue weighted by Crippen LogP contribution is 2.55. The molecule has 0 heterocycles. The maximum Gasteiger partial charge on any atom is 0.305 e. The molecule has 3 aliphatic carbocycles. The molecule has 3 atom stereocenters. The number of hydrogen-bond acceptors (Lipinski definition) is 2. The van der Waals surface area contributed by atoms with E-state index in [1.807, 2.05) is 6.92 Å². The second kappa shape index (κ2) is 3.36. The molecule has 0 aromatic carbocycles. The number of ether oxygens (including phenoxy) is 1. The Balaban J connectivity index is 1.74. The monoisotopic (exact) mass is 206 g/mol. The topological polar surface area (TPSA) is 26.3 Å². The average Bonchev–Trinajstić information content (AvgIpc) is 2.87. The van der Waals surface area contributed by atoms with Crippen LogP contribution in [0.1, 0.15) is 45.4 Å². The predicted molar refractivity (Wildman–Crippen MR) is 57.3 cm³/mol. The van der Waals surface area contributed by atoms with E-state index < -0.39 is 0 Å². The van der Waals surface area contributed by atoms with Crippen molar-refractivity contribution in [3.8, 4) is 0 Å². The SMILES string of the molecule is CCC(=O)OC1CC2CC1C1=C2CCC1. The van der Waals surface area contributed by atoms with Crippen molar-refractivity contribution in [2.24, 2.45) is 11.8 Å². The van der Waals surface area contributed by atoms with Gasteiger partial charge in [0.1, 0.15) is 6.10 Å². The zero-order valence-electron chi connectivity index (χ0n) is 9.29. The van der Waals surface area contributed by atoms with Crippen LogP contribution >= 0.6 is 0 Å². The minimum absolute atomic E-state index is 0.0207. The van der Waals surface area contributed by atoms with Crippen molar-refractivity contribution in [2.45, 2.75) is 51.6 Å². The first-order valence-electron chi connectivity index (χ1n) is 6.21. The van der Waals surface area contributed by atoms with Gasteiger partial charge in [-0.3, -0.25) is 4.79 Å². The van der Waals surface area contributed by atoms with Crippen molar-refractivity contribution in [3.63, 3.8) is 0 Å². The van der Waals surface area contributed by atoms with E-state index >= 15 is 0 Å². The Morgan fingerprint density at radius 1 is 1.33 bits per heavy atom. The Hall–Kier alpha value is -0.790. The van der Waals surface area contributed by atoms with Crippen LogP contribution in [0.15, 0.2) is 11.1 Å². The van der Waals surface area contributed by atoms with Gasteiger partial charge >= 0.3 is 5.97 Å². The van der Waals surface area contributed by atoms with Crippen molar-refractivity contribution < 1.29 is 9.53 Å². The fourth-order valence-corrected chi connectivity index (χ4v) is 3.71. The molecule has 0 aliphatic heterocycles. The van der Waals surface area contributed by atoms with Crippen molar-refractivity contribution in [2.75, 3.05) is 0 Å². The van der Waals surface area contributed by atoms with Crippen LogP contribution in [0.3, 0.4) is 0 Å². The largest absolute Gasteiger partial charge is 0.462 e. The fraction of sp³-hybridized carbons (Fsp3) is 0.769. The molecule has 2 heteroatoms. The summed E-state index contributed by atoms with van der Waals surface area (Å²) in [5.74, 6) is 1.35. The first-order chi connectivity index (χ1) is 7.29. The average molecular weight is 206 g/mol. The Labute approximate surface area is 90.7 Å². The Morgan fingerprint density at radius 3 is 2.93 bits per heavy atom. The Bertz CT molecular complexity index is 329. The van der Waals surface area contributed by atoms with E-state index in [9.17, 15) is 4.79 Å². The zero-order chi connectivity index (χ0) is 10.4. The second-order valence-corrected chi connectivity index (χ2v) is 5.06. The van der Waals surface area contributed by atoms with E-state index in [0.717, 1.165) is 12.3 Å². The van der Waals surface area contributed by atoms with Crippen molar-refractivity contribution >= 4 is 5.97 Å². The van der Waals surface area contributed by atoms with Gasteiger partial charge in [0.15, 0.2) is 0 Å². The van der Waals surface area contributed by atoms with E-state index in [0.29, 0.717) is 12.3 Å². The molecule has 1 fully saturated rings. The third kappa shape index (κ3) is 1.34. The summed E-state index contributed by atoms with van der Waals surface area (Å²) >= 11 is 0. The highest BCUT2D eigenvalue weighted by Gasteiger charge is 2.47. The normalized spacial score (nSPS) is 37.3. The molecule has 3 rings (SSSR count). The molecule has 0 saturated heterocycles. The summed E-state index contributed by atoms with van der Waals surface area (Å²) in [7, 11) is 0. The van der Waals surface area contributed by atoms with E-state index in [1.165, 1.54) is 25.7 Å². The lowest BCUT2D eigenvalue weighted by atomic mass is 9.92. The van der Waals surface area contributed by atoms with E-state index in [-0.39, 0.29) is 12.1 Å². The number of hydrogen-bond donors (Lipinski definition) is 0. The maximum atomic E-state index is 11.3. The maximum absolute atomic E-state index is 11.3. The summed E-state index contributed by atoms with van der Waals surface area (Å²) in [5.41, 5.74) is 3.41. The van der Waals surface area contributed by atoms with E-state index in [1.54, 1.807) is 11.1 Å². The molecule has 0 N–H and O–H groups in total. The highest BCUT2D eigenvalue weighted by atomic mass is 16.5. The molecule has 82 valence electrons. The minimum atomic E-state index is -0.0207. The lowest BCUT2D eigenvalue weighted by Gasteiger charge is -2.24. The molecule has 2 bridgehead atoms. The number of rotatable bonds is 2. The molecule has 3 unspecified atom stereocenters. The van der Waals surface area contributed by atoms with Gasteiger partial charge in [0.05, 0.1) is 0 Å². The van der Waals surface area contributed by atoms with Gasteiger partial charge in [-0.1, -0.05) is 18.1 Å². The molecule has 0 aromatic heterocycles. The first-order valence-corrected chi connectivity index (χ1v) is 6.21. The van der Waals surface area contributed by atoms with Crippen LogP contribution in [0, 0.1) is 11.8 Å². The van der Waals surface area contributed by atoms with Crippen LogP contribution in [-0.4, -0.2) is 12.1 Å². The smallest absolute Gasteiger partial charge is 0.305 e. The van der Waals surface area contributed by atoms with Gasteiger partial charge in [0.25, 0.3) is 0 Å². The summed E-state index contributed by atoms with van der Waals surface area (Å²) in [6.07, 6.45) is 7.05. The number of carbonyl (C=O) groups is 1. The lowest BCUT2D eigenvalue weighted by molar-refractivity contribution is -0.150. The quantitative estimate of drug-likeness (QED) is 0.513. The van der Waals surface area contributed by atoms with Gasteiger partial charge in [-0.15, -0.1) is 0 Å². The van der Waals surface area contributed by atoms with Gasteiger partial charge in [0.2, 0.25) is 0 Å². The van der Waals surface area contributed by atoms with Crippen molar-refractivity contribution in [1.82, 2.24) is 0 Å². The van der Waals surface area contributed by atoms with Gasteiger partial charge in [-0.05, 0) is 38.0 Å². The molecule has 0 radical (unpaired) electrons. The number of fused-ring (bicyclic) bond motifs is 4. The number of carbonyl (C=O) groups excluding carboxylic acids is 1. The van der Waals surface area contributed by atoms with Gasteiger partial charge < -0.3 is 4.74 Å². The minimum Gasteiger partial charge on any atom is -0.462 e. The molecule has 0 amide bonds. The first kappa shape index (κ1) is 9.44. The molecule has 1 saturated carbocycles. The Kier molecular flexibility index (Phi) is 2.11. The number of esters is 1. The number of allylic oxidation sites excluding steroid dienone is 1. The van der Waals surface area contributed by atoms with Crippen LogP contribution in [-0.2, 0) is 9.53 Å². The molecule has 0 spiro atoms. The van der Waals surface area contributed by atoms with Crippen LogP contribution in [0.2, 0.25) is 0 Å².